The molecule has 7 aromatic carbocycles. The molecule has 12 aromatic rings. The van der Waals surface area contributed by atoms with Gasteiger partial charge in [-0.15, -0.1) is 0 Å². The van der Waals surface area contributed by atoms with Gasteiger partial charge in [-0.25, -0.2) is 15.0 Å². The standard InChI is InChI=1S/C53H33N5O/c1-5-16-34(17-6-1)47-49(36-20-9-3-10-21-36)57-46-26-14-13-24-42(46)40-29-27-38(32-44(40)52(57)55-47)59-39-28-30-41-43-25-15-31-54-51(43)58-50(37-22-11-4-12-23-37)48(35-18-7-2-8-19-35)56-53(58)45(41)33-39/h1-33H. The largest absolute Gasteiger partial charge is 0.457 e. The summed E-state index contributed by atoms with van der Waals surface area (Å²) in [6.07, 6.45) is 1.85. The molecular formula is C53H33N5O. The predicted octanol–water partition coefficient (Wildman–Crippen LogP) is 13.5. The highest BCUT2D eigenvalue weighted by atomic mass is 16.5. The lowest BCUT2D eigenvalue weighted by molar-refractivity contribution is 0.484. The van der Waals surface area contributed by atoms with E-state index in [9.17, 15) is 0 Å². The quantitative estimate of drug-likeness (QED) is 0.159. The van der Waals surface area contributed by atoms with Gasteiger partial charge in [-0.3, -0.25) is 8.80 Å². The maximum Gasteiger partial charge on any atom is 0.147 e. The van der Waals surface area contributed by atoms with Gasteiger partial charge in [-0.1, -0.05) is 140 Å². The summed E-state index contributed by atoms with van der Waals surface area (Å²) in [5, 5.41) is 6.34. The van der Waals surface area contributed by atoms with E-state index in [1.807, 2.05) is 36.5 Å². The number of rotatable bonds is 6. The molecule has 5 aromatic heterocycles. The number of fused-ring (bicyclic) bond motifs is 12. The van der Waals surface area contributed by atoms with Gasteiger partial charge in [0.2, 0.25) is 0 Å². The number of hydrogen-bond donors (Lipinski definition) is 0. The fourth-order valence-corrected chi connectivity index (χ4v) is 8.79. The number of nitrogens with zero attached hydrogens (tertiary/aromatic N) is 5. The van der Waals surface area contributed by atoms with Crippen molar-refractivity contribution >= 4 is 54.8 Å². The van der Waals surface area contributed by atoms with Crippen molar-refractivity contribution in [3.8, 4) is 56.5 Å². The second-order valence-electron chi connectivity index (χ2n) is 14.8. The Balaban J connectivity index is 1.08. The number of hydrogen-bond acceptors (Lipinski definition) is 4. The van der Waals surface area contributed by atoms with Crippen LogP contribution in [-0.4, -0.2) is 23.8 Å². The summed E-state index contributed by atoms with van der Waals surface area (Å²) in [5.41, 5.74) is 11.8. The Kier molecular flexibility index (Phi) is 7.43. The van der Waals surface area contributed by atoms with Crippen molar-refractivity contribution in [3.63, 3.8) is 0 Å². The Morgan fingerprint density at radius 2 is 0.797 bits per heavy atom. The van der Waals surface area contributed by atoms with E-state index in [0.29, 0.717) is 5.75 Å². The molecule has 0 radical (unpaired) electrons. The molecule has 0 unspecified atom stereocenters. The molecule has 0 bridgehead atoms. The zero-order valence-electron chi connectivity index (χ0n) is 31.7. The van der Waals surface area contributed by atoms with Crippen molar-refractivity contribution < 1.29 is 4.74 Å². The van der Waals surface area contributed by atoms with Crippen molar-refractivity contribution in [1.82, 2.24) is 23.8 Å². The summed E-state index contributed by atoms with van der Waals surface area (Å²) in [7, 11) is 0. The molecule has 12 rings (SSSR count). The molecule has 0 fully saturated rings. The number of para-hydroxylation sites is 1. The van der Waals surface area contributed by atoms with Gasteiger partial charge < -0.3 is 4.74 Å². The van der Waals surface area contributed by atoms with Gasteiger partial charge >= 0.3 is 0 Å². The first-order chi connectivity index (χ1) is 29.3. The minimum atomic E-state index is 0.711. The van der Waals surface area contributed by atoms with Crippen molar-refractivity contribution in [2.45, 2.75) is 0 Å². The minimum absolute atomic E-state index is 0.711. The molecule has 59 heavy (non-hydrogen) atoms. The third-order valence-electron chi connectivity index (χ3n) is 11.4. The zero-order chi connectivity index (χ0) is 38.9. The topological polar surface area (TPSA) is 56.7 Å². The van der Waals surface area contributed by atoms with E-state index in [4.69, 9.17) is 19.7 Å². The first kappa shape index (κ1) is 33.1. The maximum absolute atomic E-state index is 6.84. The lowest BCUT2D eigenvalue weighted by Crippen LogP contribution is -1.97. The van der Waals surface area contributed by atoms with Gasteiger partial charge in [0, 0.05) is 50.0 Å². The molecule has 276 valence electrons. The van der Waals surface area contributed by atoms with Crippen molar-refractivity contribution in [1.29, 1.82) is 0 Å². The fourth-order valence-electron chi connectivity index (χ4n) is 8.79. The van der Waals surface area contributed by atoms with Crippen molar-refractivity contribution in [2.24, 2.45) is 0 Å². The number of aromatic nitrogens is 5. The summed E-state index contributed by atoms with van der Waals surface area (Å²) in [4.78, 5) is 15.8. The van der Waals surface area contributed by atoms with Crippen LogP contribution in [0.2, 0.25) is 0 Å². The summed E-state index contributed by atoms with van der Waals surface area (Å²) in [5.74, 6) is 1.43. The average Bonchev–Trinajstić information content (AvgIpc) is 3.92. The highest BCUT2D eigenvalue weighted by Gasteiger charge is 2.23. The van der Waals surface area contributed by atoms with E-state index in [-0.39, 0.29) is 0 Å². The Labute approximate surface area is 338 Å². The molecule has 6 heteroatoms. The van der Waals surface area contributed by atoms with Crippen LogP contribution in [0.1, 0.15) is 0 Å². The molecule has 0 saturated carbocycles. The second kappa shape index (κ2) is 13.3. The van der Waals surface area contributed by atoms with Crippen LogP contribution in [0.3, 0.4) is 0 Å². The van der Waals surface area contributed by atoms with Crippen LogP contribution in [0.25, 0.3) is 99.8 Å². The van der Waals surface area contributed by atoms with E-state index >= 15 is 0 Å². The molecule has 0 spiro atoms. The van der Waals surface area contributed by atoms with Gasteiger partial charge in [-0.05, 0) is 65.4 Å². The molecule has 0 amide bonds. The van der Waals surface area contributed by atoms with Crippen molar-refractivity contribution in [2.75, 3.05) is 0 Å². The summed E-state index contributed by atoms with van der Waals surface area (Å²) in [6, 6.07) is 67.2. The third-order valence-corrected chi connectivity index (χ3v) is 11.4. The predicted molar refractivity (Wildman–Crippen MR) is 240 cm³/mol. The molecule has 0 aliphatic heterocycles. The van der Waals surface area contributed by atoms with E-state index in [1.165, 1.54) is 0 Å². The van der Waals surface area contributed by atoms with E-state index in [1.54, 1.807) is 0 Å². The molecule has 0 aliphatic rings. The average molecular weight is 756 g/mol. The Bertz CT molecular complexity index is 3320. The van der Waals surface area contributed by atoms with Gasteiger partial charge in [0.25, 0.3) is 0 Å². The number of pyridine rings is 3. The molecule has 5 heterocycles. The number of imidazole rings is 2. The minimum Gasteiger partial charge on any atom is -0.457 e. The van der Waals surface area contributed by atoms with E-state index in [0.717, 1.165) is 106 Å². The van der Waals surface area contributed by atoms with Crippen LogP contribution >= 0.6 is 0 Å². The number of benzene rings is 7. The van der Waals surface area contributed by atoms with Gasteiger partial charge in [0.05, 0.1) is 28.3 Å². The fraction of sp³-hybridized carbons (Fsp3) is 0. The van der Waals surface area contributed by atoms with Crippen LogP contribution in [0.15, 0.2) is 200 Å². The van der Waals surface area contributed by atoms with E-state index in [2.05, 4.69) is 173 Å². The first-order valence-electron chi connectivity index (χ1n) is 19.8. The van der Waals surface area contributed by atoms with Gasteiger partial charge in [-0.2, -0.15) is 0 Å². The highest BCUT2D eigenvalue weighted by Crippen LogP contribution is 2.42. The second-order valence-corrected chi connectivity index (χ2v) is 14.8. The first-order valence-corrected chi connectivity index (χ1v) is 19.8. The molecule has 6 nitrogen and oxygen atoms in total. The summed E-state index contributed by atoms with van der Waals surface area (Å²) >= 11 is 0. The normalized spacial score (nSPS) is 11.7. The lowest BCUT2D eigenvalue weighted by Gasteiger charge is -2.14. The molecular weight excluding hydrogens is 723 g/mol. The Morgan fingerprint density at radius 1 is 0.339 bits per heavy atom. The summed E-state index contributed by atoms with van der Waals surface area (Å²) < 4.78 is 11.4. The monoisotopic (exact) mass is 755 g/mol. The van der Waals surface area contributed by atoms with Gasteiger partial charge in [0.1, 0.15) is 28.4 Å². The Morgan fingerprint density at radius 3 is 1.37 bits per heavy atom. The SMILES string of the molecule is c1ccc(-c2nc3c4cc(Oc5ccc6c7cccnc7n7c(-c8ccccc8)c(-c8ccccc8)nc7c6c5)ccc4c4ccccc4n3c2-c2ccccc2)cc1. The van der Waals surface area contributed by atoms with Crippen LogP contribution in [-0.2, 0) is 0 Å². The number of ether oxygens (including phenoxy) is 1. The van der Waals surface area contributed by atoms with Crippen LogP contribution < -0.4 is 4.74 Å². The molecule has 0 N–H and O–H groups in total. The van der Waals surface area contributed by atoms with Gasteiger partial charge in [0.15, 0.2) is 0 Å². The van der Waals surface area contributed by atoms with Crippen LogP contribution in [0, 0.1) is 0 Å². The summed E-state index contributed by atoms with van der Waals surface area (Å²) in [6.45, 7) is 0. The highest BCUT2D eigenvalue weighted by molar-refractivity contribution is 6.14. The van der Waals surface area contributed by atoms with E-state index < -0.39 is 0 Å². The molecule has 0 aliphatic carbocycles. The molecule has 0 atom stereocenters. The zero-order valence-corrected chi connectivity index (χ0v) is 31.7. The molecule has 0 saturated heterocycles. The Hall–Kier alpha value is -8.09. The van der Waals surface area contributed by atoms with Crippen LogP contribution in [0.5, 0.6) is 11.5 Å². The van der Waals surface area contributed by atoms with Crippen molar-refractivity contribution in [3.05, 3.63) is 200 Å². The van der Waals surface area contributed by atoms with Crippen LogP contribution in [0.4, 0.5) is 0 Å². The smallest absolute Gasteiger partial charge is 0.147 e. The third kappa shape index (κ3) is 5.24. The maximum atomic E-state index is 6.84. The lowest BCUT2D eigenvalue weighted by atomic mass is 10.0.